The van der Waals surface area contributed by atoms with Gasteiger partial charge >= 0.3 is 5.97 Å². The van der Waals surface area contributed by atoms with Crippen molar-refractivity contribution in [2.24, 2.45) is 0 Å². The highest BCUT2D eigenvalue weighted by molar-refractivity contribution is 6.34. The predicted octanol–water partition coefficient (Wildman–Crippen LogP) is 5.58. The number of amides is 2. The summed E-state index contributed by atoms with van der Waals surface area (Å²) in [4.78, 5) is 53.6. The summed E-state index contributed by atoms with van der Waals surface area (Å²) in [5.41, 5.74) is 2.69. The van der Waals surface area contributed by atoms with E-state index < -0.39 is 23.9 Å². The molecule has 4 aromatic rings. The first-order valence-electron chi connectivity index (χ1n) is 11.4. The van der Waals surface area contributed by atoms with E-state index in [0.29, 0.717) is 16.8 Å². The van der Waals surface area contributed by atoms with Gasteiger partial charge in [-0.25, -0.2) is 9.69 Å². The number of Topliss-reactive ketones (excluding diaryl/α,β-unsaturated/α-hetero) is 1. The first kappa shape index (κ1) is 22.9. The standard InChI is InChI=1S/C30H21NO5/c1-19-9-8-14-23(17-19)31-28(33)24-16-15-22(18-25(24)29(31)34)30(35)36-27(21-12-6-3-7-13-21)26(32)20-10-4-2-5-11-20/h2-18,27H,1H3. The third-order valence-electron chi connectivity index (χ3n) is 6.01. The lowest BCUT2D eigenvalue weighted by Gasteiger charge is -2.17. The van der Waals surface area contributed by atoms with Crippen LogP contribution in [0.25, 0.3) is 0 Å². The number of carbonyl (C=O) groups is 4. The molecule has 0 bridgehead atoms. The van der Waals surface area contributed by atoms with E-state index in [0.717, 1.165) is 10.5 Å². The third kappa shape index (κ3) is 4.20. The Morgan fingerprint density at radius 1 is 0.694 bits per heavy atom. The molecular weight excluding hydrogens is 454 g/mol. The van der Waals surface area contributed by atoms with Crippen molar-refractivity contribution < 1.29 is 23.9 Å². The molecular formula is C30H21NO5. The molecule has 1 atom stereocenters. The molecule has 0 aliphatic carbocycles. The molecule has 0 aromatic heterocycles. The molecule has 1 heterocycles. The van der Waals surface area contributed by atoms with Crippen molar-refractivity contribution in [2.45, 2.75) is 13.0 Å². The molecule has 0 saturated heterocycles. The van der Waals surface area contributed by atoms with Crippen LogP contribution >= 0.6 is 0 Å². The summed E-state index contributed by atoms with van der Waals surface area (Å²) < 4.78 is 5.69. The summed E-state index contributed by atoms with van der Waals surface area (Å²) in [6, 6.07) is 28.6. The lowest BCUT2D eigenvalue weighted by molar-refractivity contribution is 0.0280. The Labute approximate surface area is 207 Å². The van der Waals surface area contributed by atoms with Gasteiger partial charge in [-0.3, -0.25) is 14.4 Å². The molecule has 1 aliphatic heterocycles. The van der Waals surface area contributed by atoms with Gasteiger partial charge in [0.2, 0.25) is 5.78 Å². The number of ketones is 1. The van der Waals surface area contributed by atoms with Crippen LogP contribution in [-0.2, 0) is 4.74 Å². The number of carbonyl (C=O) groups excluding carboxylic acids is 4. The second-order valence-electron chi connectivity index (χ2n) is 8.47. The number of imide groups is 1. The van der Waals surface area contributed by atoms with Crippen molar-refractivity contribution in [3.8, 4) is 0 Å². The summed E-state index contributed by atoms with van der Waals surface area (Å²) in [5, 5.41) is 0. The Morgan fingerprint density at radius 2 is 1.36 bits per heavy atom. The third-order valence-corrected chi connectivity index (χ3v) is 6.01. The van der Waals surface area contributed by atoms with Crippen molar-refractivity contribution in [2.75, 3.05) is 4.90 Å². The van der Waals surface area contributed by atoms with Gasteiger partial charge in [0.1, 0.15) is 0 Å². The summed E-state index contributed by atoms with van der Waals surface area (Å²) in [7, 11) is 0. The zero-order valence-electron chi connectivity index (χ0n) is 19.4. The smallest absolute Gasteiger partial charge is 0.339 e. The van der Waals surface area contributed by atoms with E-state index >= 15 is 0 Å². The molecule has 5 rings (SSSR count). The summed E-state index contributed by atoms with van der Waals surface area (Å²) in [6.45, 7) is 1.87. The Morgan fingerprint density at radius 3 is 2.06 bits per heavy atom. The Hall–Kier alpha value is -4.84. The number of anilines is 1. The van der Waals surface area contributed by atoms with Crippen LogP contribution in [0.5, 0.6) is 0 Å². The van der Waals surface area contributed by atoms with Crippen LogP contribution in [-0.4, -0.2) is 23.6 Å². The molecule has 36 heavy (non-hydrogen) atoms. The largest absolute Gasteiger partial charge is 0.445 e. The quantitative estimate of drug-likeness (QED) is 0.207. The monoisotopic (exact) mass is 475 g/mol. The van der Waals surface area contributed by atoms with Gasteiger partial charge < -0.3 is 4.74 Å². The molecule has 4 aromatic carbocycles. The number of ether oxygens (including phenoxy) is 1. The number of rotatable bonds is 6. The Kier molecular flexibility index (Phi) is 6.00. The van der Waals surface area contributed by atoms with Gasteiger partial charge in [-0.15, -0.1) is 0 Å². The maximum atomic E-state index is 13.2. The molecule has 0 fully saturated rings. The van der Waals surface area contributed by atoms with E-state index in [1.54, 1.807) is 78.9 Å². The molecule has 0 radical (unpaired) electrons. The zero-order valence-corrected chi connectivity index (χ0v) is 19.4. The number of hydrogen-bond acceptors (Lipinski definition) is 5. The van der Waals surface area contributed by atoms with E-state index in [1.165, 1.54) is 18.2 Å². The van der Waals surface area contributed by atoms with Gasteiger partial charge in [0, 0.05) is 11.1 Å². The molecule has 176 valence electrons. The van der Waals surface area contributed by atoms with E-state index in [2.05, 4.69) is 0 Å². The van der Waals surface area contributed by atoms with Gasteiger partial charge in [0.15, 0.2) is 6.10 Å². The van der Waals surface area contributed by atoms with Gasteiger partial charge in [-0.05, 0) is 42.8 Å². The van der Waals surface area contributed by atoms with Crippen molar-refractivity contribution in [1.29, 1.82) is 0 Å². The maximum absolute atomic E-state index is 13.2. The number of benzene rings is 4. The van der Waals surface area contributed by atoms with Gasteiger partial charge in [-0.1, -0.05) is 72.8 Å². The SMILES string of the molecule is Cc1cccc(N2C(=O)c3ccc(C(=O)OC(C(=O)c4ccccc4)c4ccccc4)cc3C2=O)c1. The van der Waals surface area contributed by atoms with Crippen LogP contribution in [0.2, 0.25) is 0 Å². The van der Waals surface area contributed by atoms with Crippen LogP contribution in [0.1, 0.15) is 58.7 Å². The Balaban J connectivity index is 1.45. The highest BCUT2D eigenvalue weighted by Crippen LogP contribution is 2.30. The average molecular weight is 476 g/mol. The first-order valence-corrected chi connectivity index (χ1v) is 11.4. The van der Waals surface area contributed by atoms with E-state index in [1.807, 2.05) is 13.0 Å². The van der Waals surface area contributed by atoms with Gasteiger partial charge in [0.25, 0.3) is 11.8 Å². The molecule has 1 aliphatic rings. The fourth-order valence-corrected chi connectivity index (χ4v) is 4.20. The molecule has 6 nitrogen and oxygen atoms in total. The van der Waals surface area contributed by atoms with Gasteiger partial charge in [0.05, 0.1) is 22.4 Å². The molecule has 1 unspecified atom stereocenters. The molecule has 2 amide bonds. The van der Waals surface area contributed by atoms with Crippen molar-refractivity contribution in [1.82, 2.24) is 0 Å². The highest BCUT2D eigenvalue weighted by atomic mass is 16.5. The lowest BCUT2D eigenvalue weighted by atomic mass is 9.99. The first-order chi connectivity index (χ1) is 17.4. The second-order valence-corrected chi connectivity index (χ2v) is 8.47. The fourth-order valence-electron chi connectivity index (χ4n) is 4.20. The second kappa shape index (κ2) is 9.43. The topological polar surface area (TPSA) is 80.8 Å². The van der Waals surface area contributed by atoms with Crippen LogP contribution < -0.4 is 4.90 Å². The average Bonchev–Trinajstić information content (AvgIpc) is 3.16. The predicted molar refractivity (Wildman–Crippen MR) is 134 cm³/mol. The van der Waals surface area contributed by atoms with Crippen LogP contribution in [0, 0.1) is 6.92 Å². The number of nitrogens with zero attached hydrogens (tertiary/aromatic N) is 1. The molecule has 0 saturated carbocycles. The number of esters is 1. The molecule has 0 spiro atoms. The van der Waals surface area contributed by atoms with Crippen LogP contribution in [0.3, 0.4) is 0 Å². The van der Waals surface area contributed by atoms with Crippen molar-refractivity contribution >= 4 is 29.3 Å². The number of aryl methyl sites for hydroxylation is 1. The van der Waals surface area contributed by atoms with Crippen molar-refractivity contribution in [3.05, 3.63) is 137 Å². The van der Waals surface area contributed by atoms with Crippen LogP contribution in [0.4, 0.5) is 5.69 Å². The number of fused-ring (bicyclic) bond motifs is 1. The summed E-state index contributed by atoms with van der Waals surface area (Å²) in [6.07, 6.45) is -1.17. The molecule has 6 heteroatoms. The normalized spacial score (nSPS) is 13.3. The maximum Gasteiger partial charge on any atom is 0.339 e. The van der Waals surface area contributed by atoms with Gasteiger partial charge in [-0.2, -0.15) is 0 Å². The summed E-state index contributed by atoms with van der Waals surface area (Å²) >= 11 is 0. The Bertz CT molecular complexity index is 1490. The number of hydrogen-bond donors (Lipinski definition) is 0. The highest BCUT2D eigenvalue weighted by Gasteiger charge is 2.37. The molecule has 0 N–H and O–H groups in total. The minimum Gasteiger partial charge on any atom is -0.445 e. The summed E-state index contributed by atoms with van der Waals surface area (Å²) in [5.74, 6) is -2.12. The minimum absolute atomic E-state index is 0.0720. The zero-order chi connectivity index (χ0) is 25.2. The van der Waals surface area contributed by atoms with E-state index in [4.69, 9.17) is 4.74 Å². The fraction of sp³-hybridized carbons (Fsp3) is 0.0667. The minimum atomic E-state index is -1.17. The van der Waals surface area contributed by atoms with E-state index in [9.17, 15) is 19.2 Å². The van der Waals surface area contributed by atoms with Crippen molar-refractivity contribution in [3.63, 3.8) is 0 Å². The van der Waals surface area contributed by atoms with Crippen LogP contribution in [0.15, 0.2) is 103 Å². The van der Waals surface area contributed by atoms with E-state index in [-0.39, 0.29) is 22.5 Å². The lowest BCUT2D eigenvalue weighted by Crippen LogP contribution is -2.29.